The van der Waals surface area contributed by atoms with Gasteiger partial charge in [-0.15, -0.1) is 0 Å². The fourth-order valence-corrected chi connectivity index (χ4v) is 6.26. The summed E-state index contributed by atoms with van der Waals surface area (Å²) in [5.74, 6) is 4.29. The maximum absolute atomic E-state index is 13.6. The van der Waals surface area contributed by atoms with E-state index in [1.54, 1.807) is 56.4 Å². The highest BCUT2D eigenvalue weighted by Gasteiger charge is 2.42. The normalized spacial score (nSPS) is 17.0. The van der Waals surface area contributed by atoms with Crippen LogP contribution < -0.4 is 0 Å². The van der Waals surface area contributed by atoms with Gasteiger partial charge < -0.3 is 14.7 Å². The summed E-state index contributed by atoms with van der Waals surface area (Å²) in [5.41, 5.74) is 0.304. The van der Waals surface area contributed by atoms with Crippen molar-refractivity contribution in [2.45, 2.75) is 30.8 Å². The minimum absolute atomic E-state index is 0.000177. The molecule has 0 spiro atoms. The number of hydrogen-bond donors (Lipinski definition) is 1. The predicted octanol–water partition coefficient (Wildman–Crippen LogP) is 4.02. The number of ether oxygens (including phenoxy) is 1. The number of rotatable bonds is 5. The van der Waals surface area contributed by atoms with Gasteiger partial charge in [-0.25, -0.2) is 22.2 Å². The molecular formula is C30H26ClN3O6S. The molecule has 0 aliphatic carbocycles. The first-order valence-corrected chi connectivity index (χ1v) is 14.6. The van der Waals surface area contributed by atoms with Crippen LogP contribution in [0, 0.1) is 18.8 Å². The molecule has 0 bridgehead atoms. The highest BCUT2D eigenvalue weighted by Crippen LogP contribution is 2.34. The number of aryl methyl sites for hydroxylation is 1. The summed E-state index contributed by atoms with van der Waals surface area (Å²) < 4.78 is 33.4. The van der Waals surface area contributed by atoms with Crippen LogP contribution in [0.5, 0.6) is 0 Å². The average Bonchev–Trinajstić information content (AvgIpc) is 3.44. The Labute approximate surface area is 242 Å². The van der Waals surface area contributed by atoms with Crippen LogP contribution in [0.4, 0.5) is 0 Å². The van der Waals surface area contributed by atoms with Gasteiger partial charge in [-0.05, 0) is 44.2 Å². The summed E-state index contributed by atoms with van der Waals surface area (Å²) in [4.78, 5) is 31.4. The van der Waals surface area contributed by atoms with E-state index in [2.05, 4.69) is 16.8 Å². The number of fused-ring (bicyclic) bond motifs is 1. The number of esters is 1. The molecule has 0 saturated carbocycles. The fraction of sp³-hybridized carbons (Fsp3) is 0.233. The Morgan fingerprint density at radius 1 is 1.20 bits per heavy atom. The van der Waals surface area contributed by atoms with Crippen molar-refractivity contribution in [2.75, 3.05) is 20.2 Å². The Bertz CT molecular complexity index is 1870. The van der Waals surface area contributed by atoms with Gasteiger partial charge in [-0.2, -0.15) is 0 Å². The quantitative estimate of drug-likeness (QED) is 0.275. The van der Waals surface area contributed by atoms with Gasteiger partial charge in [0, 0.05) is 42.7 Å². The largest absolute Gasteiger partial charge is 0.461 e. The van der Waals surface area contributed by atoms with E-state index in [0.717, 1.165) is 9.54 Å². The van der Waals surface area contributed by atoms with Crippen LogP contribution in [0.2, 0.25) is 5.02 Å². The van der Waals surface area contributed by atoms with E-state index in [1.165, 1.54) is 23.2 Å². The van der Waals surface area contributed by atoms with Gasteiger partial charge in [0.25, 0.3) is 15.9 Å². The number of aromatic nitrogens is 2. The van der Waals surface area contributed by atoms with Crippen LogP contribution >= 0.6 is 11.6 Å². The highest BCUT2D eigenvalue weighted by atomic mass is 35.5. The first-order chi connectivity index (χ1) is 19.4. The number of pyridine rings is 1. The second kappa shape index (κ2) is 10.7. The summed E-state index contributed by atoms with van der Waals surface area (Å²) in [7, 11) is -2.53. The summed E-state index contributed by atoms with van der Waals surface area (Å²) in [6, 6.07) is 14.8. The third-order valence-corrected chi connectivity index (χ3v) is 8.80. The summed E-state index contributed by atoms with van der Waals surface area (Å²) >= 11 is 6.55. The van der Waals surface area contributed by atoms with Crippen molar-refractivity contribution in [3.05, 3.63) is 82.6 Å². The molecule has 2 aromatic heterocycles. The Morgan fingerprint density at radius 2 is 1.93 bits per heavy atom. The molecule has 1 fully saturated rings. The minimum Gasteiger partial charge on any atom is -0.461 e. The molecule has 1 N–H and O–H groups in total. The lowest BCUT2D eigenvalue weighted by Gasteiger charge is -2.13. The van der Waals surface area contributed by atoms with E-state index in [-0.39, 0.29) is 34.2 Å². The Balaban J connectivity index is 1.65. The van der Waals surface area contributed by atoms with Crippen molar-refractivity contribution in [1.29, 1.82) is 0 Å². The zero-order valence-corrected chi connectivity index (χ0v) is 24.1. The van der Waals surface area contributed by atoms with Gasteiger partial charge in [0.2, 0.25) is 5.60 Å². The fourth-order valence-electron chi connectivity index (χ4n) is 4.59. The number of nitrogens with zero attached hydrogens (tertiary/aromatic N) is 3. The molecule has 5 rings (SSSR count). The number of likely N-dealkylation sites (tertiary alicyclic amines) is 1. The molecule has 1 aliphatic rings. The molecule has 11 heteroatoms. The van der Waals surface area contributed by atoms with E-state index in [9.17, 15) is 23.1 Å². The van der Waals surface area contributed by atoms with Gasteiger partial charge in [0.15, 0.2) is 5.69 Å². The molecule has 1 atom stereocenters. The zero-order valence-electron chi connectivity index (χ0n) is 22.5. The maximum atomic E-state index is 13.6. The van der Waals surface area contributed by atoms with E-state index < -0.39 is 27.5 Å². The minimum atomic E-state index is -4.13. The highest BCUT2D eigenvalue weighted by molar-refractivity contribution is 7.90. The van der Waals surface area contributed by atoms with E-state index in [4.69, 9.17) is 16.3 Å². The Hall–Kier alpha value is -4.17. The van der Waals surface area contributed by atoms with Gasteiger partial charge in [0.05, 0.1) is 27.7 Å². The van der Waals surface area contributed by atoms with Crippen molar-refractivity contribution in [1.82, 2.24) is 13.9 Å². The molecular weight excluding hydrogens is 566 g/mol. The van der Waals surface area contributed by atoms with Crippen LogP contribution in [0.3, 0.4) is 0 Å². The van der Waals surface area contributed by atoms with Crippen molar-refractivity contribution in [3.8, 4) is 23.1 Å². The summed E-state index contributed by atoms with van der Waals surface area (Å²) in [6.07, 6.45) is 1.45. The average molecular weight is 592 g/mol. The molecule has 1 amide bonds. The first-order valence-electron chi connectivity index (χ1n) is 12.8. The lowest BCUT2D eigenvalue weighted by atomic mass is 10.0. The van der Waals surface area contributed by atoms with E-state index in [1.807, 2.05) is 6.92 Å². The third-order valence-electron chi connectivity index (χ3n) is 6.83. The van der Waals surface area contributed by atoms with E-state index >= 15 is 0 Å². The van der Waals surface area contributed by atoms with E-state index in [0.29, 0.717) is 28.8 Å². The van der Waals surface area contributed by atoms with Crippen LogP contribution in [0.15, 0.2) is 65.7 Å². The number of amides is 1. The maximum Gasteiger partial charge on any atom is 0.359 e. The monoisotopic (exact) mass is 591 g/mol. The van der Waals surface area contributed by atoms with Crippen molar-refractivity contribution < 1.29 is 27.9 Å². The smallest absolute Gasteiger partial charge is 0.359 e. The number of halogens is 1. The molecule has 0 unspecified atom stereocenters. The van der Waals surface area contributed by atoms with Crippen molar-refractivity contribution in [2.24, 2.45) is 0 Å². The van der Waals surface area contributed by atoms with Gasteiger partial charge >= 0.3 is 5.97 Å². The number of likely N-dealkylation sites (N-methyl/N-ethyl adjacent to an activating group) is 1. The lowest BCUT2D eigenvalue weighted by molar-refractivity contribution is -0.137. The lowest BCUT2D eigenvalue weighted by Crippen LogP contribution is -2.37. The summed E-state index contributed by atoms with van der Waals surface area (Å²) in [6.45, 7) is 3.94. The molecule has 2 aromatic carbocycles. The second-order valence-corrected chi connectivity index (χ2v) is 12.0. The molecule has 41 heavy (non-hydrogen) atoms. The van der Waals surface area contributed by atoms with Crippen LogP contribution in [0.25, 0.3) is 22.2 Å². The molecule has 3 heterocycles. The van der Waals surface area contributed by atoms with Gasteiger partial charge in [-0.3, -0.25) is 4.79 Å². The molecule has 1 aliphatic heterocycles. The Kier molecular flexibility index (Phi) is 7.38. The number of benzene rings is 2. The molecule has 4 aromatic rings. The number of hydrogen-bond acceptors (Lipinski definition) is 7. The van der Waals surface area contributed by atoms with Crippen LogP contribution in [-0.2, 0) is 19.6 Å². The molecule has 1 saturated heterocycles. The van der Waals surface area contributed by atoms with Crippen molar-refractivity contribution >= 4 is 44.4 Å². The topological polar surface area (TPSA) is 119 Å². The SMILES string of the molecule is CCOC(=O)c1nc(-c2cccc(C#C[C@]3(O)CCN(C)C3=O)c2)cc2c(Cl)cn(S(=O)(=O)c3ccc(C)cc3)c12. The van der Waals surface area contributed by atoms with Crippen LogP contribution in [0.1, 0.15) is 35.0 Å². The third kappa shape index (κ3) is 5.20. The number of carbonyl (C=O) groups is 2. The number of carbonyl (C=O) groups excluding carboxylic acids is 2. The standard InChI is InChI=1S/C30H26ClN3O6S/c1-4-40-28(35)26-27-23(24(31)18-34(27)41(38,39)22-10-8-19(2)9-11-22)17-25(32-26)21-7-5-6-20(16-21)12-13-30(37)14-15-33(3)29(30)36/h5-11,16-18,37H,4,14-15H2,1-3H3/t30-/m0/s1. The molecule has 210 valence electrons. The first kappa shape index (κ1) is 28.4. The molecule has 9 nitrogen and oxygen atoms in total. The van der Waals surface area contributed by atoms with Gasteiger partial charge in [-0.1, -0.05) is 53.3 Å². The van der Waals surface area contributed by atoms with Gasteiger partial charge in [0.1, 0.15) is 0 Å². The second-order valence-electron chi connectivity index (χ2n) is 9.73. The molecule has 0 radical (unpaired) electrons. The Morgan fingerprint density at radius 3 is 2.59 bits per heavy atom. The summed E-state index contributed by atoms with van der Waals surface area (Å²) in [5, 5.41) is 11.0. The van der Waals surface area contributed by atoms with Crippen molar-refractivity contribution in [3.63, 3.8) is 0 Å². The number of aliphatic hydroxyl groups is 1. The van der Waals surface area contributed by atoms with Crippen LogP contribution in [-0.4, -0.2) is 65.1 Å². The predicted molar refractivity (Wildman–Crippen MR) is 154 cm³/mol. The zero-order chi connectivity index (χ0) is 29.5.